The number of carbonyl (C=O) groups is 1. The molecule has 0 aliphatic carbocycles. The number of hydrogen-bond acceptors (Lipinski definition) is 4. The van der Waals surface area contributed by atoms with Crippen LogP contribution in [0.25, 0.3) is 11.5 Å². The lowest BCUT2D eigenvalue weighted by Crippen LogP contribution is -2.31. The zero-order chi connectivity index (χ0) is 23.7. The van der Waals surface area contributed by atoms with Crippen LogP contribution in [0.2, 0.25) is 0 Å². The first-order chi connectivity index (χ1) is 16.5. The van der Waals surface area contributed by atoms with Gasteiger partial charge in [-0.15, -0.1) is 0 Å². The third-order valence-electron chi connectivity index (χ3n) is 6.01. The molecule has 34 heavy (non-hydrogen) atoms. The molecule has 0 unspecified atom stereocenters. The van der Waals surface area contributed by atoms with E-state index in [1.165, 1.54) is 5.56 Å². The Morgan fingerprint density at radius 1 is 0.971 bits per heavy atom. The molecule has 7 heteroatoms. The molecule has 0 saturated carbocycles. The van der Waals surface area contributed by atoms with Crippen molar-refractivity contribution in [3.8, 4) is 23.0 Å². The summed E-state index contributed by atoms with van der Waals surface area (Å²) in [6.07, 6.45) is 4.02. The second-order valence-electron chi connectivity index (χ2n) is 8.48. The van der Waals surface area contributed by atoms with E-state index in [9.17, 15) is 4.79 Å². The van der Waals surface area contributed by atoms with Crippen molar-refractivity contribution >= 4 is 5.91 Å². The van der Waals surface area contributed by atoms with Gasteiger partial charge in [-0.1, -0.05) is 17.7 Å². The van der Waals surface area contributed by atoms with Crippen molar-refractivity contribution in [3.05, 3.63) is 89.4 Å². The van der Waals surface area contributed by atoms with Gasteiger partial charge in [-0.3, -0.25) is 4.79 Å². The maximum Gasteiger partial charge on any atom is 0.261 e. The minimum atomic E-state index is -0.0663. The fraction of sp³-hybridized carbons (Fsp3) is 0.259. The summed E-state index contributed by atoms with van der Waals surface area (Å²) in [5.74, 6) is 2.32. The summed E-state index contributed by atoms with van der Waals surface area (Å²) in [4.78, 5) is 14.7. The van der Waals surface area contributed by atoms with E-state index >= 15 is 0 Å². The summed E-state index contributed by atoms with van der Waals surface area (Å²) < 4.78 is 15.2. The van der Waals surface area contributed by atoms with Gasteiger partial charge in [0, 0.05) is 18.0 Å². The predicted octanol–water partition coefficient (Wildman–Crippen LogP) is 4.60. The number of ether oxygens (including phenoxy) is 2. The van der Waals surface area contributed by atoms with Crippen LogP contribution in [0.15, 0.2) is 67.0 Å². The minimum Gasteiger partial charge on any atom is -0.494 e. The summed E-state index contributed by atoms with van der Waals surface area (Å²) in [7, 11) is 0. The second kappa shape index (κ2) is 9.09. The Morgan fingerprint density at radius 3 is 2.35 bits per heavy atom. The van der Waals surface area contributed by atoms with Gasteiger partial charge < -0.3 is 18.9 Å². The average molecular weight is 457 g/mol. The zero-order valence-corrected chi connectivity index (χ0v) is 19.7. The van der Waals surface area contributed by atoms with Crippen LogP contribution in [-0.4, -0.2) is 38.4 Å². The van der Waals surface area contributed by atoms with Crippen molar-refractivity contribution < 1.29 is 14.3 Å². The monoisotopic (exact) mass is 456 g/mol. The van der Waals surface area contributed by atoms with Crippen molar-refractivity contribution in [2.45, 2.75) is 33.9 Å². The Labute approximate surface area is 199 Å². The topological polar surface area (TPSA) is 61.5 Å². The summed E-state index contributed by atoms with van der Waals surface area (Å²) in [5, 5.41) is 4.93. The molecule has 1 aliphatic rings. The molecule has 1 aliphatic heterocycles. The molecule has 0 bridgehead atoms. The lowest BCUT2D eigenvalue weighted by atomic mass is 10.1. The predicted molar refractivity (Wildman–Crippen MR) is 130 cm³/mol. The summed E-state index contributed by atoms with van der Waals surface area (Å²) >= 11 is 0. The van der Waals surface area contributed by atoms with Gasteiger partial charge in [0.15, 0.2) is 6.61 Å². The Hall–Kier alpha value is -4.00. The lowest BCUT2D eigenvalue weighted by molar-refractivity contribution is -0.134. The highest BCUT2D eigenvalue weighted by atomic mass is 16.5. The number of benzene rings is 2. The standard InChI is InChI=1S/C27H28N4O3/c1-4-33-21-8-10-22(11-9-21)34-18-26(32)30-16-23-24(17-30)28-31(27(23)29-13-5-6-14-29)25-12-7-19(2)15-20(25)3/h5-15H,4,16-18H2,1-3H3. The number of aryl methyl sites for hydroxylation is 2. The van der Waals surface area contributed by atoms with Gasteiger partial charge in [0.1, 0.15) is 17.3 Å². The fourth-order valence-electron chi connectivity index (χ4n) is 4.37. The smallest absolute Gasteiger partial charge is 0.261 e. The molecule has 2 aromatic carbocycles. The van der Waals surface area contributed by atoms with Gasteiger partial charge >= 0.3 is 0 Å². The van der Waals surface area contributed by atoms with E-state index in [1.807, 2.05) is 60.4 Å². The number of hydrogen-bond donors (Lipinski definition) is 0. The highest BCUT2D eigenvalue weighted by molar-refractivity contribution is 5.78. The quantitative estimate of drug-likeness (QED) is 0.408. The minimum absolute atomic E-state index is 0.0197. The fourth-order valence-corrected chi connectivity index (χ4v) is 4.37. The summed E-state index contributed by atoms with van der Waals surface area (Å²) in [6, 6.07) is 17.7. The molecule has 2 aromatic heterocycles. The third-order valence-corrected chi connectivity index (χ3v) is 6.01. The number of carbonyl (C=O) groups excluding carboxylic acids is 1. The van der Waals surface area contributed by atoms with Crippen LogP contribution in [0, 0.1) is 13.8 Å². The SMILES string of the molecule is CCOc1ccc(OCC(=O)N2Cc3nn(-c4ccc(C)cc4C)c(-n4cccc4)c3C2)cc1. The van der Waals surface area contributed by atoms with Crippen molar-refractivity contribution in [1.29, 1.82) is 0 Å². The highest BCUT2D eigenvalue weighted by Gasteiger charge is 2.31. The first-order valence-electron chi connectivity index (χ1n) is 11.5. The van der Waals surface area contributed by atoms with Gasteiger partial charge in [0.25, 0.3) is 5.91 Å². The number of amides is 1. The molecule has 3 heterocycles. The van der Waals surface area contributed by atoms with Crippen LogP contribution in [0.4, 0.5) is 0 Å². The largest absolute Gasteiger partial charge is 0.494 e. The van der Waals surface area contributed by atoms with Gasteiger partial charge in [-0.05, 0) is 68.8 Å². The van der Waals surface area contributed by atoms with Gasteiger partial charge in [-0.2, -0.15) is 5.10 Å². The van der Waals surface area contributed by atoms with E-state index in [4.69, 9.17) is 14.6 Å². The average Bonchev–Trinajstić information content (AvgIpc) is 3.55. The van der Waals surface area contributed by atoms with Crippen LogP contribution in [0.1, 0.15) is 29.3 Å². The molecule has 0 atom stereocenters. The number of rotatable bonds is 7. The van der Waals surface area contributed by atoms with Gasteiger partial charge in [0.2, 0.25) is 0 Å². The summed E-state index contributed by atoms with van der Waals surface area (Å²) in [6.45, 7) is 7.69. The molecular weight excluding hydrogens is 428 g/mol. The highest BCUT2D eigenvalue weighted by Crippen LogP contribution is 2.31. The third kappa shape index (κ3) is 4.17. The van der Waals surface area contributed by atoms with E-state index in [0.29, 0.717) is 25.4 Å². The molecule has 0 radical (unpaired) electrons. The van der Waals surface area contributed by atoms with E-state index in [2.05, 4.69) is 36.6 Å². The summed E-state index contributed by atoms with van der Waals surface area (Å²) in [5.41, 5.74) is 5.39. The molecule has 0 N–H and O–H groups in total. The first kappa shape index (κ1) is 21.8. The zero-order valence-electron chi connectivity index (χ0n) is 19.7. The van der Waals surface area contributed by atoms with Crippen LogP contribution in [0.3, 0.4) is 0 Å². The van der Waals surface area contributed by atoms with Crippen LogP contribution in [-0.2, 0) is 17.9 Å². The van der Waals surface area contributed by atoms with Crippen molar-refractivity contribution in [2.24, 2.45) is 0 Å². The number of aromatic nitrogens is 3. The molecule has 174 valence electrons. The van der Waals surface area contributed by atoms with Crippen molar-refractivity contribution in [1.82, 2.24) is 19.2 Å². The van der Waals surface area contributed by atoms with E-state index in [-0.39, 0.29) is 12.5 Å². The van der Waals surface area contributed by atoms with Crippen LogP contribution < -0.4 is 9.47 Å². The maximum atomic E-state index is 12.9. The Morgan fingerprint density at radius 2 is 1.68 bits per heavy atom. The Balaban J connectivity index is 1.35. The van der Waals surface area contributed by atoms with E-state index < -0.39 is 0 Å². The normalized spacial score (nSPS) is 12.6. The Kier molecular flexibility index (Phi) is 5.84. The molecule has 0 saturated heterocycles. The van der Waals surface area contributed by atoms with E-state index in [0.717, 1.165) is 34.1 Å². The van der Waals surface area contributed by atoms with Crippen molar-refractivity contribution in [2.75, 3.05) is 13.2 Å². The molecule has 0 spiro atoms. The molecule has 1 amide bonds. The molecule has 5 rings (SSSR count). The number of nitrogens with zero attached hydrogens (tertiary/aromatic N) is 4. The second-order valence-corrected chi connectivity index (χ2v) is 8.48. The number of fused-ring (bicyclic) bond motifs is 1. The van der Waals surface area contributed by atoms with Gasteiger partial charge in [0.05, 0.1) is 31.1 Å². The van der Waals surface area contributed by atoms with Crippen LogP contribution >= 0.6 is 0 Å². The molecule has 7 nitrogen and oxygen atoms in total. The maximum absolute atomic E-state index is 12.9. The van der Waals surface area contributed by atoms with Crippen molar-refractivity contribution in [3.63, 3.8) is 0 Å². The first-order valence-corrected chi connectivity index (χ1v) is 11.5. The molecule has 0 fully saturated rings. The van der Waals surface area contributed by atoms with Crippen LogP contribution in [0.5, 0.6) is 11.5 Å². The van der Waals surface area contributed by atoms with E-state index in [1.54, 1.807) is 4.90 Å². The molecule has 4 aromatic rings. The molecular formula is C27H28N4O3. The Bertz CT molecular complexity index is 1310. The lowest BCUT2D eigenvalue weighted by Gasteiger charge is -2.18. The van der Waals surface area contributed by atoms with Gasteiger partial charge in [-0.25, -0.2) is 4.68 Å².